The molecule has 0 radical (unpaired) electrons. The van der Waals surface area contributed by atoms with Crippen molar-refractivity contribution in [3.8, 4) is 0 Å². The summed E-state index contributed by atoms with van der Waals surface area (Å²) in [4.78, 5) is 4.73. The number of oxime groups is 1. The topological polar surface area (TPSA) is 21.6 Å². The van der Waals surface area contributed by atoms with E-state index in [1.165, 1.54) is 7.11 Å². The van der Waals surface area contributed by atoms with Gasteiger partial charge in [0, 0.05) is 15.6 Å². The van der Waals surface area contributed by atoms with Gasteiger partial charge in [0.1, 0.15) is 7.11 Å². The first-order valence-corrected chi connectivity index (χ1v) is 5.00. The van der Waals surface area contributed by atoms with E-state index in [2.05, 4.69) is 5.16 Å². The maximum Gasteiger partial charge on any atom is 0.106 e. The molecule has 0 fully saturated rings. The predicted molar refractivity (Wildman–Crippen MR) is 60.3 cm³/mol. The molecule has 0 atom stereocenters. The van der Waals surface area contributed by atoms with Gasteiger partial charge in [0.25, 0.3) is 0 Å². The lowest BCUT2D eigenvalue weighted by molar-refractivity contribution is 0.213. The molecule has 2 nitrogen and oxygen atoms in total. The number of rotatable bonds is 3. The first-order chi connectivity index (χ1) is 6.69. The van der Waals surface area contributed by atoms with Gasteiger partial charge in [-0.05, 0) is 24.6 Å². The SMILES string of the molecule is CCC(=NOC)c1cc(Cl)ccc1Cl. The Hall–Kier alpha value is -0.730. The summed E-state index contributed by atoms with van der Waals surface area (Å²) in [5.74, 6) is 0. The summed E-state index contributed by atoms with van der Waals surface area (Å²) < 4.78 is 0. The van der Waals surface area contributed by atoms with E-state index in [1.54, 1.807) is 18.2 Å². The highest BCUT2D eigenvalue weighted by molar-refractivity contribution is 6.36. The molecule has 1 aromatic rings. The Morgan fingerprint density at radius 3 is 2.71 bits per heavy atom. The molecule has 1 aromatic carbocycles. The third kappa shape index (κ3) is 2.63. The van der Waals surface area contributed by atoms with E-state index in [9.17, 15) is 0 Å². The van der Waals surface area contributed by atoms with Crippen LogP contribution in [0.4, 0.5) is 0 Å². The molecule has 0 saturated heterocycles. The van der Waals surface area contributed by atoms with E-state index < -0.39 is 0 Å². The van der Waals surface area contributed by atoms with Crippen LogP contribution in [-0.2, 0) is 4.84 Å². The molecule has 0 aliphatic carbocycles. The van der Waals surface area contributed by atoms with Crippen molar-refractivity contribution in [2.75, 3.05) is 7.11 Å². The number of hydrogen-bond donors (Lipinski definition) is 0. The van der Waals surface area contributed by atoms with Crippen LogP contribution in [0.15, 0.2) is 23.4 Å². The second kappa shape index (κ2) is 5.23. The average Bonchev–Trinajstić information content (AvgIpc) is 2.18. The highest BCUT2D eigenvalue weighted by Crippen LogP contribution is 2.22. The van der Waals surface area contributed by atoms with Gasteiger partial charge in [-0.2, -0.15) is 0 Å². The summed E-state index contributed by atoms with van der Waals surface area (Å²) >= 11 is 11.9. The second-order valence-corrected chi connectivity index (χ2v) is 3.54. The van der Waals surface area contributed by atoms with Gasteiger partial charge < -0.3 is 4.84 Å². The molecule has 0 unspecified atom stereocenters. The molecule has 14 heavy (non-hydrogen) atoms. The third-order valence-corrected chi connectivity index (χ3v) is 2.34. The highest BCUT2D eigenvalue weighted by atomic mass is 35.5. The van der Waals surface area contributed by atoms with Gasteiger partial charge in [0.2, 0.25) is 0 Å². The minimum Gasteiger partial charge on any atom is -0.399 e. The van der Waals surface area contributed by atoms with Crippen LogP contribution in [0.3, 0.4) is 0 Å². The van der Waals surface area contributed by atoms with Crippen LogP contribution in [0.25, 0.3) is 0 Å². The lowest BCUT2D eigenvalue weighted by Gasteiger charge is -2.05. The molecule has 76 valence electrons. The zero-order chi connectivity index (χ0) is 10.6. The number of hydrogen-bond acceptors (Lipinski definition) is 2. The molecule has 0 aliphatic heterocycles. The molecule has 1 rings (SSSR count). The Labute approximate surface area is 93.5 Å². The smallest absolute Gasteiger partial charge is 0.106 e. The van der Waals surface area contributed by atoms with Crippen LogP contribution in [0, 0.1) is 0 Å². The molecule has 0 spiro atoms. The molecule has 0 aliphatic rings. The quantitative estimate of drug-likeness (QED) is 0.574. The zero-order valence-electron chi connectivity index (χ0n) is 8.05. The Bertz CT molecular complexity index is 350. The molecule has 0 bridgehead atoms. The van der Waals surface area contributed by atoms with Crippen molar-refractivity contribution in [3.63, 3.8) is 0 Å². The summed E-state index contributed by atoms with van der Waals surface area (Å²) in [6, 6.07) is 5.28. The van der Waals surface area contributed by atoms with Crippen molar-refractivity contribution in [2.45, 2.75) is 13.3 Å². The van der Waals surface area contributed by atoms with Crippen LogP contribution in [0.2, 0.25) is 10.0 Å². The summed E-state index contributed by atoms with van der Waals surface area (Å²) in [7, 11) is 1.51. The van der Waals surface area contributed by atoms with Crippen LogP contribution in [-0.4, -0.2) is 12.8 Å². The summed E-state index contributed by atoms with van der Waals surface area (Å²) in [6.45, 7) is 1.98. The third-order valence-electron chi connectivity index (χ3n) is 1.78. The molecule has 0 N–H and O–H groups in total. The van der Waals surface area contributed by atoms with E-state index >= 15 is 0 Å². The van der Waals surface area contributed by atoms with Gasteiger partial charge in [0.15, 0.2) is 0 Å². The van der Waals surface area contributed by atoms with E-state index in [0.29, 0.717) is 10.0 Å². The zero-order valence-corrected chi connectivity index (χ0v) is 9.56. The minimum absolute atomic E-state index is 0.632. The molecule has 0 aromatic heterocycles. The largest absolute Gasteiger partial charge is 0.399 e. The standard InChI is InChI=1S/C10H11Cl2NO/c1-3-10(13-14-2)8-6-7(11)4-5-9(8)12/h4-6H,3H2,1-2H3. The Kier molecular flexibility index (Phi) is 4.23. The van der Waals surface area contributed by atoms with Gasteiger partial charge in [-0.15, -0.1) is 0 Å². The van der Waals surface area contributed by atoms with Crippen molar-refractivity contribution >= 4 is 28.9 Å². The van der Waals surface area contributed by atoms with Crippen molar-refractivity contribution in [1.29, 1.82) is 0 Å². The van der Waals surface area contributed by atoms with Crippen LogP contribution in [0.1, 0.15) is 18.9 Å². The monoisotopic (exact) mass is 231 g/mol. The first-order valence-electron chi connectivity index (χ1n) is 4.24. The predicted octanol–water partition coefficient (Wildman–Crippen LogP) is 3.75. The van der Waals surface area contributed by atoms with Gasteiger partial charge in [-0.25, -0.2) is 0 Å². The van der Waals surface area contributed by atoms with Gasteiger partial charge in [-0.3, -0.25) is 0 Å². The van der Waals surface area contributed by atoms with Gasteiger partial charge >= 0.3 is 0 Å². The minimum atomic E-state index is 0.632. The van der Waals surface area contributed by atoms with Crippen molar-refractivity contribution in [3.05, 3.63) is 33.8 Å². The second-order valence-electron chi connectivity index (χ2n) is 2.70. The first kappa shape index (κ1) is 11.3. The van der Waals surface area contributed by atoms with E-state index in [4.69, 9.17) is 28.0 Å². The maximum atomic E-state index is 6.01. The Morgan fingerprint density at radius 2 is 2.14 bits per heavy atom. The number of benzene rings is 1. The summed E-state index contributed by atoms with van der Waals surface area (Å²) in [5.41, 5.74) is 1.61. The molecule has 0 saturated carbocycles. The maximum absolute atomic E-state index is 6.01. The van der Waals surface area contributed by atoms with Crippen LogP contribution in [0.5, 0.6) is 0 Å². The normalized spacial score (nSPS) is 11.6. The van der Waals surface area contributed by atoms with Gasteiger partial charge in [-0.1, -0.05) is 35.3 Å². The van der Waals surface area contributed by atoms with Crippen molar-refractivity contribution < 1.29 is 4.84 Å². The lowest BCUT2D eigenvalue weighted by Crippen LogP contribution is -2.00. The fourth-order valence-corrected chi connectivity index (χ4v) is 1.53. The van der Waals surface area contributed by atoms with E-state index in [0.717, 1.165) is 17.7 Å². The molecule has 0 amide bonds. The number of halogens is 2. The Morgan fingerprint density at radius 1 is 1.43 bits per heavy atom. The van der Waals surface area contributed by atoms with Crippen molar-refractivity contribution in [2.24, 2.45) is 5.16 Å². The molecule has 4 heteroatoms. The van der Waals surface area contributed by atoms with E-state index in [1.807, 2.05) is 6.92 Å². The molecular weight excluding hydrogens is 221 g/mol. The fraction of sp³-hybridized carbons (Fsp3) is 0.300. The summed E-state index contributed by atoms with van der Waals surface area (Å²) in [6.07, 6.45) is 0.744. The molecule has 0 heterocycles. The van der Waals surface area contributed by atoms with Gasteiger partial charge in [0.05, 0.1) is 5.71 Å². The van der Waals surface area contributed by atoms with Crippen molar-refractivity contribution in [1.82, 2.24) is 0 Å². The highest BCUT2D eigenvalue weighted by Gasteiger charge is 2.07. The number of nitrogens with zero attached hydrogens (tertiary/aromatic N) is 1. The summed E-state index contributed by atoms with van der Waals surface area (Å²) in [5, 5.41) is 5.16. The average molecular weight is 232 g/mol. The fourth-order valence-electron chi connectivity index (χ4n) is 1.13. The van der Waals surface area contributed by atoms with E-state index in [-0.39, 0.29) is 0 Å². The molecular formula is C10H11Cl2NO. The van der Waals surface area contributed by atoms with Crippen LogP contribution < -0.4 is 0 Å². The lowest BCUT2D eigenvalue weighted by atomic mass is 10.1. The Balaban J connectivity index is 3.15. The van der Waals surface area contributed by atoms with Crippen LogP contribution >= 0.6 is 23.2 Å².